The summed E-state index contributed by atoms with van der Waals surface area (Å²) in [5, 5.41) is 23.7. The molecule has 0 radical (unpaired) electrons. The van der Waals surface area contributed by atoms with Crippen LogP contribution >= 0.6 is 22.9 Å². The number of carbonyl (C=O) groups is 1. The zero-order chi connectivity index (χ0) is 38.1. The Kier molecular flexibility index (Phi) is 9.03. The van der Waals surface area contributed by atoms with Gasteiger partial charge in [0, 0.05) is 48.6 Å². The van der Waals surface area contributed by atoms with Crippen LogP contribution in [0.15, 0.2) is 30.5 Å². The molecule has 5 aromatic rings. The Labute approximate surface area is 317 Å². The van der Waals surface area contributed by atoms with Gasteiger partial charge in [0.05, 0.1) is 32.9 Å². The van der Waals surface area contributed by atoms with E-state index in [9.17, 15) is 19.7 Å². The largest absolute Gasteiger partial charge is 0.461 e. The third-order valence-corrected chi connectivity index (χ3v) is 12.5. The number of nitriles is 2. The Hall–Kier alpha value is -5.16. The summed E-state index contributed by atoms with van der Waals surface area (Å²) < 4.78 is 54.5. The number of likely N-dealkylation sites (N-methyl/N-ethyl adjacent to an activating group) is 1. The number of thiophene rings is 1. The maximum Gasteiger partial charge on any atom is 0.345 e. The summed E-state index contributed by atoms with van der Waals surface area (Å²) in [6.07, 6.45) is 2.94. The fourth-order valence-corrected chi connectivity index (χ4v) is 9.86. The molecule has 3 aromatic heterocycles. The standard InChI is InChI=1S/C37H34ClF3N10O2S/c1-3-49(27-8-11-50(19(27)2)36(52)51-12-7-21(15-42)47-51)34-23-13-25(38)29(22-5-6-26(40)32-28(22)24(16-43)33(44)54-32)30(41)31(23)45-35(46-34)53-18-37-9-4-10-48(37)17-20(39)14-37/h5-7,12-13,19-20,27H,3-4,8-11,14,17-18,44H2,1-2H3/t19-,20-,27-,37+/m1/s1. The van der Waals surface area contributed by atoms with Gasteiger partial charge in [0.25, 0.3) is 0 Å². The van der Waals surface area contributed by atoms with E-state index in [2.05, 4.69) is 15.0 Å². The topological polar surface area (TPSA) is 153 Å². The van der Waals surface area contributed by atoms with Crippen LogP contribution in [0.5, 0.6) is 6.01 Å². The first-order valence-electron chi connectivity index (χ1n) is 17.6. The number of nitrogen functional groups attached to an aromatic ring is 1. The lowest BCUT2D eigenvalue weighted by Crippen LogP contribution is -2.47. The molecule has 17 heteroatoms. The van der Waals surface area contributed by atoms with E-state index in [1.807, 2.05) is 30.9 Å². The average Bonchev–Trinajstić information content (AvgIpc) is 3.98. The van der Waals surface area contributed by atoms with E-state index in [0.717, 1.165) is 35.4 Å². The monoisotopic (exact) mass is 774 g/mol. The maximum absolute atomic E-state index is 17.3. The number of likely N-dealkylation sites (tertiary alicyclic amines) is 1. The number of alkyl halides is 1. The molecule has 3 aliphatic rings. The summed E-state index contributed by atoms with van der Waals surface area (Å²) in [5.74, 6) is -1.13. The molecule has 0 aliphatic carbocycles. The Morgan fingerprint density at radius 1 is 1.22 bits per heavy atom. The predicted molar refractivity (Wildman–Crippen MR) is 198 cm³/mol. The molecule has 0 spiro atoms. The van der Waals surface area contributed by atoms with E-state index in [-0.39, 0.29) is 78.1 Å². The second-order valence-electron chi connectivity index (χ2n) is 14.0. The predicted octanol–water partition coefficient (Wildman–Crippen LogP) is 6.88. The fraction of sp³-hybridized carbons (Fsp3) is 0.405. The number of hydrogen-bond acceptors (Lipinski definition) is 11. The first-order valence-corrected chi connectivity index (χ1v) is 18.8. The van der Waals surface area contributed by atoms with Crippen molar-refractivity contribution >= 4 is 60.8 Å². The lowest BCUT2D eigenvalue weighted by molar-refractivity contribution is 0.107. The minimum absolute atomic E-state index is 0.0148. The Bertz CT molecular complexity index is 2430. The number of aromatic nitrogens is 4. The van der Waals surface area contributed by atoms with Gasteiger partial charge >= 0.3 is 12.0 Å². The molecule has 2 N–H and O–H groups in total. The third-order valence-electron chi connectivity index (χ3n) is 11.1. The summed E-state index contributed by atoms with van der Waals surface area (Å²) in [4.78, 5) is 28.7. The van der Waals surface area contributed by atoms with Crippen LogP contribution in [0.1, 0.15) is 50.8 Å². The highest BCUT2D eigenvalue weighted by molar-refractivity contribution is 7.23. The average molecular weight is 775 g/mol. The molecule has 4 atom stereocenters. The number of anilines is 2. The summed E-state index contributed by atoms with van der Waals surface area (Å²) in [6, 6.07) is 8.33. The fourth-order valence-electron chi connectivity index (χ4n) is 8.62. The van der Waals surface area contributed by atoms with Gasteiger partial charge in [-0.15, -0.1) is 11.3 Å². The van der Waals surface area contributed by atoms with Gasteiger partial charge in [0.1, 0.15) is 47.1 Å². The molecule has 1 amide bonds. The van der Waals surface area contributed by atoms with E-state index in [1.54, 1.807) is 11.0 Å². The minimum Gasteiger partial charge on any atom is -0.461 e. The highest BCUT2D eigenvalue weighted by atomic mass is 35.5. The quantitative estimate of drug-likeness (QED) is 0.185. The van der Waals surface area contributed by atoms with E-state index < -0.39 is 29.4 Å². The molecule has 3 aliphatic heterocycles. The van der Waals surface area contributed by atoms with E-state index in [4.69, 9.17) is 27.1 Å². The number of ether oxygens (including phenoxy) is 1. The molecule has 8 rings (SSSR count). The Morgan fingerprint density at radius 3 is 2.78 bits per heavy atom. The third kappa shape index (κ3) is 5.66. The van der Waals surface area contributed by atoms with Crippen molar-refractivity contribution in [2.75, 3.05) is 43.4 Å². The van der Waals surface area contributed by atoms with Gasteiger partial charge in [-0.2, -0.15) is 30.3 Å². The van der Waals surface area contributed by atoms with Crippen LogP contribution in [0.25, 0.3) is 32.1 Å². The molecule has 278 valence electrons. The van der Waals surface area contributed by atoms with E-state index in [1.165, 1.54) is 24.4 Å². The SMILES string of the molecule is CCN(c1nc(OC[C@@]23CCCN2C[C@H](F)C3)nc2c(F)c(-c3ccc(F)c4sc(N)c(C#N)c34)c(Cl)cc12)[C@@H]1CCN(C(=O)n2ccc(C#N)n2)[C@@H]1C. The van der Waals surface area contributed by atoms with Crippen molar-refractivity contribution in [1.82, 2.24) is 29.5 Å². The van der Waals surface area contributed by atoms with E-state index in [0.29, 0.717) is 38.3 Å². The van der Waals surface area contributed by atoms with Crippen LogP contribution in [0, 0.1) is 34.3 Å². The van der Waals surface area contributed by atoms with Gasteiger partial charge in [0.15, 0.2) is 11.5 Å². The van der Waals surface area contributed by atoms with Crippen LogP contribution in [0.4, 0.5) is 28.8 Å². The van der Waals surface area contributed by atoms with Crippen molar-refractivity contribution < 1.29 is 22.7 Å². The van der Waals surface area contributed by atoms with Crippen LogP contribution in [-0.2, 0) is 0 Å². The van der Waals surface area contributed by atoms with Gasteiger partial charge in [-0.3, -0.25) is 4.90 Å². The number of nitrogens with zero attached hydrogens (tertiary/aromatic N) is 9. The number of benzene rings is 2. The Morgan fingerprint density at radius 2 is 2.04 bits per heavy atom. The molecule has 0 saturated carbocycles. The van der Waals surface area contributed by atoms with Crippen molar-refractivity contribution in [1.29, 1.82) is 10.5 Å². The van der Waals surface area contributed by atoms with Crippen molar-refractivity contribution in [3.63, 3.8) is 0 Å². The first-order chi connectivity index (χ1) is 26.0. The number of fused-ring (bicyclic) bond motifs is 3. The summed E-state index contributed by atoms with van der Waals surface area (Å²) in [5.41, 5.74) is 5.65. The molecule has 12 nitrogen and oxygen atoms in total. The lowest BCUT2D eigenvalue weighted by Gasteiger charge is -2.34. The molecule has 3 fully saturated rings. The number of nitrogens with two attached hydrogens (primary N) is 1. The number of hydrogen-bond donors (Lipinski definition) is 1. The molecular formula is C37H34ClF3N10O2S. The molecule has 3 saturated heterocycles. The number of amides is 1. The highest BCUT2D eigenvalue weighted by Crippen LogP contribution is 2.46. The smallest absolute Gasteiger partial charge is 0.345 e. The van der Waals surface area contributed by atoms with Gasteiger partial charge < -0.3 is 20.3 Å². The van der Waals surface area contributed by atoms with Crippen LogP contribution < -0.4 is 15.4 Å². The van der Waals surface area contributed by atoms with Crippen LogP contribution in [-0.4, -0.2) is 92.2 Å². The van der Waals surface area contributed by atoms with Crippen molar-refractivity contribution in [2.45, 2.75) is 63.3 Å². The molecule has 0 unspecified atom stereocenters. The number of halogens is 4. The molecule has 54 heavy (non-hydrogen) atoms. The van der Waals surface area contributed by atoms with Crippen molar-refractivity contribution in [3.8, 4) is 29.3 Å². The second-order valence-corrected chi connectivity index (χ2v) is 15.5. The number of rotatable bonds is 7. The maximum atomic E-state index is 17.3. The van der Waals surface area contributed by atoms with Gasteiger partial charge in [-0.1, -0.05) is 17.7 Å². The summed E-state index contributed by atoms with van der Waals surface area (Å²) >= 11 is 7.82. The van der Waals surface area contributed by atoms with Crippen molar-refractivity contribution in [3.05, 3.63) is 58.4 Å². The molecule has 2 aromatic carbocycles. The normalized spacial score (nSPS) is 22.5. The van der Waals surface area contributed by atoms with Crippen LogP contribution in [0.2, 0.25) is 5.02 Å². The molecular weight excluding hydrogens is 741 g/mol. The lowest BCUT2D eigenvalue weighted by atomic mass is 9.95. The van der Waals surface area contributed by atoms with Gasteiger partial charge in [0.2, 0.25) is 0 Å². The highest BCUT2D eigenvalue weighted by Gasteiger charge is 2.49. The van der Waals surface area contributed by atoms with Gasteiger partial charge in [-0.05, 0) is 63.4 Å². The van der Waals surface area contributed by atoms with Crippen molar-refractivity contribution in [2.24, 2.45) is 0 Å². The zero-order valence-corrected chi connectivity index (χ0v) is 30.9. The molecule has 6 heterocycles. The van der Waals surface area contributed by atoms with E-state index >= 15 is 8.78 Å². The first kappa shape index (κ1) is 35.8. The Balaban J connectivity index is 1.25. The second kappa shape index (κ2) is 13.6. The number of carbonyl (C=O) groups excluding carboxylic acids is 1. The van der Waals surface area contributed by atoms with Gasteiger partial charge in [-0.25, -0.2) is 18.0 Å². The molecule has 0 bridgehead atoms. The zero-order valence-electron chi connectivity index (χ0n) is 29.3. The van der Waals surface area contributed by atoms with Crippen LogP contribution in [0.3, 0.4) is 0 Å². The summed E-state index contributed by atoms with van der Waals surface area (Å²) in [6.45, 7) is 5.76. The summed E-state index contributed by atoms with van der Waals surface area (Å²) in [7, 11) is 0. The minimum atomic E-state index is -0.987.